The Hall–Kier alpha value is -0.580. The van der Waals surface area contributed by atoms with E-state index in [0.29, 0.717) is 6.04 Å². The molecular weight excluding hydrogens is 316 g/mol. The first kappa shape index (κ1) is 17.8. The molecule has 0 radical (unpaired) electrons. The summed E-state index contributed by atoms with van der Waals surface area (Å²) in [6.07, 6.45) is 5.00. The molecule has 22 heavy (non-hydrogen) atoms. The minimum absolute atomic E-state index is 0. The van der Waals surface area contributed by atoms with Crippen LogP contribution in [0.2, 0.25) is 0 Å². The van der Waals surface area contributed by atoms with E-state index >= 15 is 0 Å². The lowest BCUT2D eigenvalue weighted by Crippen LogP contribution is -2.50. The number of halogens is 1. The molecule has 124 valence electrons. The van der Waals surface area contributed by atoms with Crippen molar-refractivity contribution in [3.05, 3.63) is 22.4 Å². The Bertz CT molecular complexity index is 477. The largest absolute Gasteiger partial charge is 0.342 e. The number of likely N-dealkylation sites (tertiary alicyclic amines) is 1. The third kappa shape index (κ3) is 4.03. The van der Waals surface area contributed by atoms with Crippen molar-refractivity contribution in [2.45, 2.75) is 51.0 Å². The second-order valence-electron chi connectivity index (χ2n) is 7.02. The normalized spacial score (nSPS) is 19.8. The highest BCUT2D eigenvalue weighted by Crippen LogP contribution is 2.31. The Morgan fingerprint density at radius 1 is 1.32 bits per heavy atom. The van der Waals surface area contributed by atoms with Gasteiger partial charge >= 0.3 is 0 Å². The average Bonchev–Trinajstić information content (AvgIpc) is 3.15. The molecule has 3 rings (SSSR count). The lowest BCUT2D eigenvalue weighted by Gasteiger charge is -2.37. The van der Waals surface area contributed by atoms with Crippen LogP contribution in [-0.2, 0) is 10.2 Å². The zero-order valence-electron chi connectivity index (χ0n) is 13.5. The molecule has 0 bridgehead atoms. The van der Waals surface area contributed by atoms with Crippen LogP contribution in [0, 0.1) is 5.92 Å². The molecule has 1 aliphatic heterocycles. The van der Waals surface area contributed by atoms with Gasteiger partial charge in [0.05, 0.1) is 5.41 Å². The minimum Gasteiger partial charge on any atom is -0.342 e. The highest BCUT2D eigenvalue weighted by atomic mass is 35.5. The number of thiophene rings is 1. The van der Waals surface area contributed by atoms with Gasteiger partial charge in [-0.15, -0.1) is 23.7 Å². The molecule has 3 nitrogen and oxygen atoms in total. The van der Waals surface area contributed by atoms with Crippen LogP contribution in [0.25, 0.3) is 0 Å². The Kier molecular flexibility index (Phi) is 5.92. The predicted molar refractivity (Wildman–Crippen MR) is 94.9 cm³/mol. The molecule has 2 aliphatic rings. The van der Waals surface area contributed by atoms with Crippen LogP contribution in [0.4, 0.5) is 0 Å². The number of nitrogens with zero attached hydrogens (tertiary/aromatic N) is 1. The third-order valence-electron chi connectivity index (χ3n) is 4.85. The standard InChI is InChI=1S/C17H26N2OS.ClH/c1-17(2,15-4-3-11-21-15)16(20)19-9-7-14(8-10-19)18-12-13-5-6-13;/h3-4,11,13-14,18H,5-10,12H2,1-2H3;1H. The summed E-state index contributed by atoms with van der Waals surface area (Å²) < 4.78 is 0. The van der Waals surface area contributed by atoms with Crippen molar-refractivity contribution in [1.82, 2.24) is 10.2 Å². The fourth-order valence-electron chi connectivity index (χ4n) is 3.08. The van der Waals surface area contributed by atoms with Crippen LogP contribution >= 0.6 is 23.7 Å². The summed E-state index contributed by atoms with van der Waals surface area (Å²) in [5, 5.41) is 5.73. The minimum atomic E-state index is -0.386. The zero-order chi connectivity index (χ0) is 14.9. The number of piperidine rings is 1. The van der Waals surface area contributed by atoms with Gasteiger partial charge in [0.25, 0.3) is 0 Å². The van der Waals surface area contributed by atoms with E-state index in [1.54, 1.807) is 11.3 Å². The fraction of sp³-hybridized carbons (Fsp3) is 0.706. The second-order valence-corrected chi connectivity index (χ2v) is 7.97. The number of hydrogen-bond acceptors (Lipinski definition) is 3. The van der Waals surface area contributed by atoms with Crippen molar-refractivity contribution in [3.63, 3.8) is 0 Å². The van der Waals surface area contributed by atoms with Crippen LogP contribution in [0.3, 0.4) is 0 Å². The Balaban J connectivity index is 0.00000176. The summed E-state index contributed by atoms with van der Waals surface area (Å²) in [5.74, 6) is 1.22. The van der Waals surface area contributed by atoms with Gasteiger partial charge in [-0.1, -0.05) is 6.07 Å². The summed E-state index contributed by atoms with van der Waals surface area (Å²) >= 11 is 1.68. The van der Waals surface area contributed by atoms with E-state index in [9.17, 15) is 4.79 Å². The molecule has 2 heterocycles. The molecule has 0 spiro atoms. The van der Waals surface area contributed by atoms with Gasteiger partial charge < -0.3 is 10.2 Å². The molecule has 5 heteroatoms. The molecule has 2 fully saturated rings. The Morgan fingerprint density at radius 2 is 2.00 bits per heavy atom. The molecule has 1 N–H and O–H groups in total. The first-order chi connectivity index (χ1) is 10.1. The van der Waals surface area contributed by atoms with Gasteiger partial charge in [0.15, 0.2) is 0 Å². The van der Waals surface area contributed by atoms with E-state index in [4.69, 9.17) is 0 Å². The SMILES string of the molecule is CC(C)(C(=O)N1CCC(NCC2CC2)CC1)c1cccs1.Cl. The molecular formula is C17H27ClN2OS. The van der Waals surface area contributed by atoms with E-state index in [0.717, 1.165) is 31.8 Å². The second kappa shape index (κ2) is 7.33. The van der Waals surface area contributed by atoms with Gasteiger partial charge in [-0.05, 0) is 63.4 Å². The summed E-state index contributed by atoms with van der Waals surface area (Å²) in [5.41, 5.74) is -0.386. The molecule has 1 aromatic rings. The van der Waals surface area contributed by atoms with Crippen molar-refractivity contribution in [2.24, 2.45) is 5.92 Å². The summed E-state index contributed by atoms with van der Waals surface area (Å²) in [6, 6.07) is 4.72. The van der Waals surface area contributed by atoms with Crippen molar-refractivity contribution < 1.29 is 4.79 Å². The Labute approximate surface area is 143 Å². The van der Waals surface area contributed by atoms with E-state index in [1.165, 1.54) is 24.3 Å². The van der Waals surface area contributed by atoms with E-state index in [1.807, 2.05) is 6.07 Å². The van der Waals surface area contributed by atoms with Crippen LogP contribution < -0.4 is 5.32 Å². The molecule has 1 amide bonds. The number of amides is 1. The fourth-order valence-corrected chi connectivity index (χ4v) is 3.92. The zero-order valence-corrected chi connectivity index (χ0v) is 15.1. The summed E-state index contributed by atoms with van der Waals surface area (Å²) in [7, 11) is 0. The van der Waals surface area contributed by atoms with Gasteiger partial charge in [-0.3, -0.25) is 4.79 Å². The summed E-state index contributed by atoms with van der Waals surface area (Å²) in [6.45, 7) is 7.09. The maximum absolute atomic E-state index is 12.8. The van der Waals surface area contributed by atoms with Crippen LogP contribution in [0.15, 0.2) is 17.5 Å². The van der Waals surface area contributed by atoms with Crippen LogP contribution in [0.1, 0.15) is 44.4 Å². The number of nitrogens with one attached hydrogen (secondary N) is 1. The first-order valence-corrected chi connectivity index (χ1v) is 9.02. The molecule has 0 unspecified atom stereocenters. The number of carbonyl (C=O) groups is 1. The van der Waals surface area contributed by atoms with Gasteiger partial charge in [0.1, 0.15) is 0 Å². The molecule has 1 saturated heterocycles. The van der Waals surface area contributed by atoms with Crippen LogP contribution in [-0.4, -0.2) is 36.5 Å². The maximum Gasteiger partial charge on any atom is 0.233 e. The smallest absolute Gasteiger partial charge is 0.233 e. The highest BCUT2D eigenvalue weighted by molar-refractivity contribution is 7.10. The lowest BCUT2D eigenvalue weighted by atomic mass is 9.88. The van der Waals surface area contributed by atoms with Gasteiger partial charge in [0, 0.05) is 24.0 Å². The molecule has 0 aromatic carbocycles. The van der Waals surface area contributed by atoms with E-state index in [2.05, 4.69) is 35.5 Å². The van der Waals surface area contributed by atoms with Crippen molar-refractivity contribution in [2.75, 3.05) is 19.6 Å². The maximum atomic E-state index is 12.8. The van der Waals surface area contributed by atoms with Crippen LogP contribution in [0.5, 0.6) is 0 Å². The number of carbonyl (C=O) groups excluding carboxylic acids is 1. The van der Waals surface area contributed by atoms with Gasteiger partial charge in [-0.2, -0.15) is 0 Å². The van der Waals surface area contributed by atoms with E-state index in [-0.39, 0.29) is 23.7 Å². The number of rotatable bonds is 5. The molecule has 1 aliphatic carbocycles. The molecule has 0 atom stereocenters. The average molecular weight is 343 g/mol. The highest BCUT2D eigenvalue weighted by Gasteiger charge is 2.36. The topological polar surface area (TPSA) is 32.3 Å². The first-order valence-electron chi connectivity index (χ1n) is 8.14. The lowest BCUT2D eigenvalue weighted by molar-refractivity contribution is -0.137. The predicted octanol–water partition coefficient (Wildman–Crippen LogP) is 3.44. The van der Waals surface area contributed by atoms with Crippen molar-refractivity contribution in [1.29, 1.82) is 0 Å². The monoisotopic (exact) mass is 342 g/mol. The molecule has 1 aromatic heterocycles. The van der Waals surface area contributed by atoms with Crippen molar-refractivity contribution in [3.8, 4) is 0 Å². The molecule has 1 saturated carbocycles. The van der Waals surface area contributed by atoms with Gasteiger partial charge in [-0.25, -0.2) is 0 Å². The van der Waals surface area contributed by atoms with E-state index < -0.39 is 0 Å². The quantitative estimate of drug-likeness (QED) is 0.889. The van der Waals surface area contributed by atoms with Crippen molar-refractivity contribution >= 4 is 29.7 Å². The third-order valence-corrected chi connectivity index (χ3v) is 6.04. The summed E-state index contributed by atoms with van der Waals surface area (Å²) in [4.78, 5) is 16.0. The Morgan fingerprint density at radius 3 is 2.55 bits per heavy atom. The van der Waals surface area contributed by atoms with Gasteiger partial charge in [0.2, 0.25) is 5.91 Å². The number of hydrogen-bond donors (Lipinski definition) is 1.